The number of halogens is 1. The number of rotatable bonds is 7. The lowest BCUT2D eigenvalue weighted by Crippen LogP contribution is -2.45. The molecule has 2 atom stereocenters. The van der Waals surface area contributed by atoms with Crippen LogP contribution < -0.4 is 10.1 Å². The Labute approximate surface area is 154 Å². The predicted molar refractivity (Wildman–Crippen MR) is 97.3 cm³/mol. The van der Waals surface area contributed by atoms with Crippen LogP contribution in [0.25, 0.3) is 0 Å². The van der Waals surface area contributed by atoms with Gasteiger partial charge in [-0.3, -0.25) is 14.5 Å². The van der Waals surface area contributed by atoms with E-state index in [9.17, 15) is 14.0 Å². The van der Waals surface area contributed by atoms with Crippen LogP contribution in [0, 0.1) is 5.82 Å². The van der Waals surface area contributed by atoms with Gasteiger partial charge in [0.2, 0.25) is 11.8 Å². The summed E-state index contributed by atoms with van der Waals surface area (Å²) in [5.41, 5.74) is 0.688. The number of nitrogens with zero attached hydrogens (tertiary/aromatic N) is 2. The van der Waals surface area contributed by atoms with E-state index in [0.717, 1.165) is 0 Å². The molecule has 0 aromatic heterocycles. The average molecular weight is 365 g/mol. The highest BCUT2D eigenvalue weighted by atomic mass is 19.1. The Morgan fingerprint density at radius 2 is 2.04 bits per heavy atom. The molecule has 1 aliphatic heterocycles. The highest BCUT2D eigenvalue weighted by molar-refractivity contribution is 5.82. The number of likely N-dealkylation sites (N-methyl/N-ethyl adjacent to an activating group) is 1. The van der Waals surface area contributed by atoms with Crippen molar-refractivity contribution in [1.82, 2.24) is 15.1 Å². The Morgan fingerprint density at radius 1 is 1.35 bits per heavy atom. The maximum absolute atomic E-state index is 13.7. The zero-order chi connectivity index (χ0) is 19.3. The van der Waals surface area contributed by atoms with E-state index in [0.29, 0.717) is 43.9 Å². The molecule has 1 aliphatic rings. The molecule has 2 amide bonds. The molecule has 144 valence electrons. The van der Waals surface area contributed by atoms with Crippen LogP contribution in [0.3, 0.4) is 0 Å². The molecule has 1 heterocycles. The first-order chi connectivity index (χ1) is 12.4. The third-order valence-electron chi connectivity index (χ3n) is 4.79. The van der Waals surface area contributed by atoms with Crippen molar-refractivity contribution in [2.24, 2.45) is 0 Å². The highest BCUT2D eigenvalue weighted by Crippen LogP contribution is 2.27. The summed E-state index contributed by atoms with van der Waals surface area (Å²) in [7, 11) is 1.54. The maximum Gasteiger partial charge on any atom is 0.240 e. The largest absolute Gasteiger partial charge is 0.496 e. The first-order valence-electron chi connectivity index (χ1n) is 9.01. The summed E-state index contributed by atoms with van der Waals surface area (Å²) in [6.07, 6.45) is 0.548. The van der Waals surface area contributed by atoms with Gasteiger partial charge in [0.15, 0.2) is 0 Å². The lowest BCUT2D eigenvalue weighted by molar-refractivity contribution is -0.135. The number of carbonyl (C=O) groups excluding carboxylic acids is 2. The van der Waals surface area contributed by atoms with Crippen LogP contribution >= 0.6 is 0 Å². The van der Waals surface area contributed by atoms with E-state index < -0.39 is 0 Å². The third kappa shape index (κ3) is 4.72. The van der Waals surface area contributed by atoms with Gasteiger partial charge >= 0.3 is 0 Å². The van der Waals surface area contributed by atoms with Gasteiger partial charge in [0.1, 0.15) is 11.6 Å². The van der Waals surface area contributed by atoms with E-state index in [-0.39, 0.29) is 29.7 Å². The van der Waals surface area contributed by atoms with Crippen LogP contribution in [0.4, 0.5) is 4.39 Å². The number of hydrogen-bond donors (Lipinski definition) is 1. The standard InChI is InChI=1S/C19H28FN3O3/c1-5-22(6-2)19(25)17-10-16(21-13(3)24)12-23(17)11-14-9-15(20)7-8-18(14)26-4/h7-9,16-17H,5-6,10-12H2,1-4H3,(H,21,24)/t16-,17+/m1/s1. The van der Waals surface area contributed by atoms with Gasteiger partial charge in [-0.1, -0.05) is 0 Å². The van der Waals surface area contributed by atoms with E-state index in [4.69, 9.17) is 4.74 Å². The summed E-state index contributed by atoms with van der Waals surface area (Å²) in [6, 6.07) is 3.93. The van der Waals surface area contributed by atoms with Crippen LogP contribution in [0.2, 0.25) is 0 Å². The fourth-order valence-electron chi connectivity index (χ4n) is 3.56. The van der Waals surface area contributed by atoms with Gasteiger partial charge in [-0.05, 0) is 38.5 Å². The van der Waals surface area contributed by atoms with Gasteiger partial charge in [-0.2, -0.15) is 0 Å². The summed E-state index contributed by atoms with van der Waals surface area (Å²) < 4.78 is 19.0. The van der Waals surface area contributed by atoms with Gasteiger partial charge in [0, 0.05) is 44.7 Å². The quantitative estimate of drug-likeness (QED) is 0.800. The van der Waals surface area contributed by atoms with Crippen molar-refractivity contribution in [2.75, 3.05) is 26.7 Å². The molecule has 0 saturated carbocycles. The van der Waals surface area contributed by atoms with Gasteiger partial charge in [-0.15, -0.1) is 0 Å². The van der Waals surface area contributed by atoms with E-state index in [2.05, 4.69) is 5.32 Å². The topological polar surface area (TPSA) is 61.9 Å². The molecule has 0 spiro atoms. The smallest absolute Gasteiger partial charge is 0.240 e. The molecular formula is C19H28FN3O3. The van der Waals surface area contributed by atoms with Crippen molar-refractivity contribution in [3.05, 3.63) is 29.6 Å². The zero-order valence-electron chi connectivity index (χ0n) is 15.9. The summed E-state index contributed by atoms with van der Waals surface area (Å²) in [5.74, 6) is 0.167. The lowest BCUT2D eigenvalue weighted by atomic mass is 10.1. The Morgan fingerprint density at radius 3 is 2.62 bits per heavy atom. The van der Waals surface area contributed by atoms with E-state index in [1.807, 2.05) is 18.7 Å². The van der Waals surface area contributed by atoms with Gasteiger partial charge in [-0.25, -0.2) is 4.39 Å². The van der Waals surface area contributed by atoms with Gasteiger partial charge in [0.25, 0.3) is 0 Å². The minimum Gasteiger partial charge on any atom is -0.496 e. The SMILES string of the molecule is CCN(CC)C(=O)[C@@H]1C[C@@H](NC(C)=O)CN1Cc1cc(F)ccc1OC. The lowest BCUT2D eigenvalue weighted by Gasteiger charge is -2.29. The number of methoxy groups -OCH3 is 1. The number of hydrogen-bond acceptors (Lipinski definition) is 4. The molecule has 1 aromatic rings. The monoisotopic (exact) mass is 365 g/mol. The average Bonchev–Trinajstić information content (AvgIpc) is 2.97. The van der Waals surface area contributed by atoms with Gasteiger partial charge in [0.05, 0.1) is 13.2 Å². The normalized spacial score (nSPS) is 20.0. The van der Waals surface area contributed by atoms with Crippen molar-refractivity contribution in [3.8, 4) is 5.75 Å². The molecule has 1 saturated heterocycles. The molecule has 6 nitrogen and oxygen atoms in total. The summed E-state index contributed by atoms with van der Waals surface area (Å²) in [5, 5.41) is 2.90. The molecule has 0 radical (unpaired) electrons. The van der Waals surface area contributed by atoms with Crippen molar-refractivity contribution in [2.45, 2.75) is 45.8 Å². The maximum atomic E-state index is 13.7. The van der Waals surface area contributed by atoms with Crippen LogP contribution in [-0.2, 0) is 16.1 Å². The first-order valence-corrected chi connectivity index (χ1v) is 9.01. The Kier molecular flexibility index (Phi) is 6.97. The molecule has 0 unspecified atom stereocenters. The van der Waals surface area contributed by atoms with Crippen LogP contribution in [0.5, 0.6) is 5.75 Å². The number of ether oxygens (including phenoxy) is 1. The second kappa shape index (κ2) is 8.98. The van der Waals surface area contributed by atoms with Crippen molar-refractivity contribution in [3.63, 3.8) is 0 Å². The molecule has 26 heavy (non-hydrogen) atoms. The third-order valence-corrected chi connectivity index (χ3v) is 4.79. The number of likely N-dealkylation sites (tertiary alicyclic amines) is 1. The Hall–Kier alpha value is -2.15. The van der Waals surface area contributed by atoms with E-state index >= 15 is 0 Å². The van der Waals surface area contributed by atoms with E-state index in [1.54, 1.807) is 18.1 Å². The van der Waals surface area contributed by atoms with Crippen LogP contribution in [0.1, 0.15) is 32.8 Å². The summed E-state index contributed by atoms with van der Waals surface area (Å²) in [6.45, 7) is 7.55. The van der Waals surface area contributed by atoms with Crippen LogP contribution in [0.15, 0.2) is 18.2 Å². The first kappa shape index (κ1) is 20.2. The fourth-order valence-corrected chi connectivity index (χ4v) is 3.56. The van der Waals surface area contributed by atoms with Crippen molar-refractivity contribution >= 4 is 11.8 Å². The minimum atomic E-state index is -0.347. The number of nitrogens with one attached hydrogen (secondary N) is 1. The molecule has 1 aromatic carbocycles. The van der Waals surface area contributed by atoms with Gasteiger partial charge < -0.3 is 15.0 Å². The summed E-state index contributed by atoms with van der Waals surface area (Å²) in [4.78, 5) is 28.2. The summed E-state index contributed by atoms with van der Waals surface area (Å²) >= 11 is 0. The highest BCUT2D eigenvalue weighted by Gasteiger charge is 2.38. The minimum absolute atomic E-state index is 0.0400. The zero-order valence-corrected chi connectivity index (χ0v) is 15.9. The number of carbonyl (C=O) groups is 2. The molecule has 2 rings (SSSR count). The molecule has 1 fully saturated rings. The molecular weight excluding hydrogens is 337 g/mol. The second-order valence-electron chi connectivity index (χ2n) is 6.55. The van der Waals surface area contributed by atoms with E-state index in [1.165, 1.54) is 19.1 Å². The molecule has 7 heteroatoms. The molecule has 0 bridgehead atoms. The Bertz CT molecular complexity index is 649. The molecule has 0 aliphatic carbocycles. The fraction of sp³-hybridized carbons (Fsp3) is 0.579. The Balaban J connectivity index is 2.25. The van der Waals surface area contributed by atoms with Crippen LogP contribution in [-0.4, -0.2) is 60.4 Å². The number of benzene rings is 1. The number of amides is 2. The second-order valence-corrected chi connectivity index (χ2v) is 6.55. The van der Waals surface area contributed by atoms with Crippen molar-refractivity contribution in [1.29, 1.82) is 0 Å². The molecule has 1 N–H and O–H groups in total. The predicted octanol–water partition coefficient (Wildman–Crippen LogP) is 1.78. The van der Waals surface area contributed by atoms with Crippen molar-refractivity contribution < 1.29 is 18.7 Å².